The van der Waals surface area contributed by atoms with E-state index in [9.17, 15) is 28.1 Å². The van der Waals surface area contributed by atoms with Crippen LogP contribution in [-0.4, -0.2) is 37.7 Å². The van der Waals surface area contributed by atoms with Gasteiger partial charge in [-0.15, -0.1) is 0 Å². The topological polar surface area (TPSA) is 103 Å². The van der Waals surface area contributed by atoms with Crippen LogP contribution in [0.1, 0.15) is 18.4 Å². The number of benzene rings is 2. The molecular formula is C20H22F3N3O5. The minimum atomic E-state index is -4.56. The van der Waals surface area contributed by atoms with Gasteiger partial charge >= 0.3 is 6.18 Å². The molecule has 0 aliphatic heterocycles. The highest BCUT2D eigenvalue weighted by Gasteiger charge is 2.31. The third-order valence-electron chi connectivity index (χ3n) is 4.11. The van der Waals surface area contributed by atoms with Gasteiger partial charge in [-0.05, 0) is 36.8 Å². The first-order chi connectivity index (χ1) is 14.7. The summed E-state index contributed by atoms with van der Waals surface area (Å²) in [7, 11) is 1.46. The van der Waals surface area contributed by atoms with Crippen LogP contribution in [-0.2, 0) is 15.7 Å². The molecule has 0 bridgehead atoms. The summed E-state index contributed by atoms with van der Waals surface area (Å²) in [6, 6.07) is 8.67. The quantitative estimate of drug-likeness (QED) is 0.303. The van der Waals surface area contributed by atoms with Crippen molar-refractivity contribution in [1.29, 1.82) is 0 Å². The van der Waals surface area contributed by atoms with Crippen LogP contribution in [0, 0.1) is 10.1 Å². The molecule has 0 aliphatic carbocycles. The van der Waals surface area contributed by atoms with Crippen molar-refractivity contribution in [3.05, 3.63) is 58.1 Å². The number of carbonyl (C=O) groups excluding carboxylic acids is 1. The zero-order valence-electron chi connectivity index (χ0n) is 16.7. The van der Waals surface area contributed by atoms with Gasteiger partial charge in [0, 0.05) is 37.9 Å². The number of nitro benzene ring substituents is 1. The molecule has 2 aromatic carbocycles. The second-order valence-corrected chi connectivity index (χ2v) is 6.43. The van der Waals surface area contributed by atoms with Crippen LogP contribution in [0.4, 0.5) is 30.2 Å². The molecule has 8 nitrogen and oxygen atoms in total. The smallest absolute Gasteiger partial charge is 0.416 e. The highest BCUT2D eigenvalue weighted by Crippen LogP contribution is 2.35. The van der Waals surface area contributed by atoms with Gasteiger partial charge in [0.05, 0.1) is 22.8 Å². The Morgan fingerprint density at radius 1 is 1.13 bits per heavy atom. The normalized spacial score (nSPS) is 11.1. The van der Waals surface area contributed by atoms with E-state index in [2.05, 4.69) is 10.6 Å². The number of carbonyl (C=O) groups is 1. The van der Waals surface area contributed by atoms with E-state index >= 15 is 0 Å². The molecule has 0 fully saturated rings. The minimum absolute atomic E-state index is 0.0328. The lowest BCUT2D eigenvalue weighted by atomic mass is 10.1. The van der Waals surface area contributed by atoms with Gasteiger partial charge in [0.25, 0.3) is 5.69 Å². The molecule has 1 amide bonds. The minimum Gasteiger partial charge on any atom is -0.489 e. The summed E-state index contributed by atoms with van der Waals surface area (Å²) in [6.07, 6.45) is -4.12. The molecule has 2 N–H and O–H groups in total. The largest absolute Gasteiger partial charge is 0.489 e. The number of alkyl halides is 3. The number of nitrogens with one attached hydrogen (secondary N) is 2. The zero-order valence-corrected chi connectivity index (χ0v) is 16.7. The van der Waals surface area contributed by atoms with E-state index < -0.39 is 22.6 Å². The molecule has 11 heteroatoms. The van der Waals surface area contributed by atoms with Gasteiger partial charge in [0.1, 0.15) is 12.4 Å². The Morgan fingerprint density at radius 2 is 1.84 bits per heavy atom. The van der Waals surface area contributed by atoms with Crippen LogP contribution in [0.2, 0.25) is 0 Å². The van der Waals surface area contributed by atoms with Gasteiger partial charge in [0.2, 0.25) is 5.91 Å². The highest BCUT2D eigenvalue weighted by molar-refractivity contribution is 5.92. The molecule has 0 aromatic heterocycles. The molecule has 0 heterocycles. The van der Waals surface area contributed by atoms with Crippen molar-refractivity contribution < 1.29 is 32.4 Å². The Kier molecular flexibility index (Phi) is 8.62. The van der Waals surface area contributed by atoms with E-state index in [0.29, 0.717) is 18.7 Å². The van der Waals surface area contributed by atoms with Gasteiger partial charge < -0.3 is 20.1 Å². The summed E-state index contributed by atoms with van der Waals surface area (Å²) < 4.78 is 49.2. The predicted octanol–water partition coefficient (Wildman–Crippen LogP) is 4.47. The van der Waals surface area contributed by atoms with Gasteiger partial charge in [-0.1, -0.05) is 0 Å². The number of non-ortho nitro benzene ring substituents is 1. The molecule has 168 valence electrons. The predicted molar refractivity (Wildman–Crippen MR) is 108 cm³/mol. The van der Waals surface area contributed by atoms with Crippen LogP contribution < -0.4 is 15.4 Å². The Bertz CT molecular complexity index is 889. The van der Waals surface area contributed by atoms with Gasteiger partial charge in [-0.2, -0.15) is 13.2 Å². The Morgan fingerprint density at radius 3 is 2.45 bits per heavy atom. The number of hydrogen-bond donors (Lipinski definition) is 2. The fraction of sp³-hybridized carbons (Fsp3) is 0.350. The van der Waals surface area contributed by atoms with Crippen molar-refractivity contribution in [2.75, 3.05) is 37.5 Å². The summed E-state index contributed by atoms with van der Waals surface area (Å²) in [4.78, 5) is 22.3. The Labute approximate surface area is 176 Å². The summed E-state index contributed by atoms with van der Waals surface area (Å²) >= 11 is 0. The number of nitro groups is 1. The van der Waals surface area contributed by atoms with E-state index in [1.54, 1.807) is 12.1 Å². The number of anilines is 2. The second kappa shape index (κ2) is 11.2. The molecule has 0 unspecified atom stereocenters. The number of amides is 1. The molecule has 0 saturated carbocycles. The van der Waals surface area contributed by atoms with Crippen molar-refractivity contribution in [2.45, 2.75) is 19.0 Å². The fourth-order valence-corrected chi connectivity index (χ4v) is 2.56. The van der Waals surface area contributed by atoms with E-state index in [0.717, 1.165) is 18.2 Å². The molecule has 0 spiro atoms. The van der Waals surface area contributed by atoms with Crippen LogP contribution in [0.25, 0.3) is 0 Å². The van der Waals surface area contributed by atoms with E-state index in [-0.39, 0.29) is 36.8 Å². The summed E-state index contributed by atoms with van der Waals surface area (Å²) in [5, 5.41) is 16.1. The molecule has 0 aliphatic rings. The Balaban J connectivity index is 1.91. The monoisotopic (exact) mass is 441 g/mol. The maximum absolute atomic E-state index is 13.0. The number of hydrogen-bond acceptors (Lipinski definition) is 6. The molecule has 2 rings (SSSR count). The number of rotatable bonds is 11. The standard InChI is InChI=1S/C20H22F3N3O5/c1-30-11-12-31-18-9-4-14(20(21,22)23)13-17(18)25-19(27)3-2-10-24-15-5-7-16(8-6-15)26(28)29/h4-9,13,24H,2-3,10-12H2,1H3,(H,25,27). The lowest BCUT2D eigenvalue weighted by molar-refractivity contribution is -0.384. The first-order valence-electron chi connectivity index (χ1n) is 9.32. The number of halogens is 3. The molecule has 0 saturated heterocycles. The summed E-state index contributed by atoms with van der Waals surface area (Å²) in [6.45, 7) is 0.748. The summed E-state index contributed by atoms with van der Waals surface area (Å²) in [5.74, 6) is -0.358. The van der Waals surface area contributed by atoms with Crippen molar-refractivity contribution in [1.82, 2.24) is 0 Å². The molecule has 0 atom stereocenters. The van der Waals surface area contributed by atoms with Crippen molar-refractivity contribution >= 4 is 23.0 Å². The number of ether oxygens (including phenoxy) is 2. The van der Waals surface area contributed by atoms with Crippen molar-refractivity contribution in [3.63, 3.8) is 0 Å². The molecule has 2 aromatic rings. The van der Waals surface area contributed by atoms with Gasteiger partial charge in [-0.25, -0.2) is 0 Å². The number of nitrogens with zero attached hydrogens (tertiary/aromatic N) is 1. The average Bonchev–Trinajstić information content (AvgIpc) is 2.72. The summed E-state index contributed by atoms with van der Waals surface area (Å²) in [5.41, 5.74) is -0.353. The van der Waals surface area contributed by atoms with E-state index in [4.69, 9.17) is 9.47 Å². The Hall–Kier alpha value is -3.34. The van der Waals surface area contributed by atoms with Crippen LogP contribution >= 0.6 is 0 Å². The zero-order chi connectivity index (χ0) is 22.9. The van der Waals surface area contributed by atoms with Crippen molar-refractivity contribution in [2.24, 2.45) is 0 Å². The fourth-order valence-electron chi connectivity index (χ4n) is 2.56. The third kappa shape index (κ3) is 7.78. The lowest BCUT2D eigenvalue weighted by Crippen LogP contribution is -2.16. The van der Waals surface area contributed by atoms with Crippen molar-refractivity contribution in [3.8, 4) is 5.75 Å². The first kappa shape index (κ1) is 23.9. The number of methoxy groups -OCH3 is 1. The maximum atomic E-state index is 13.0. The van der Waals surface area contributed by atoms with Crippen LogP contribution in [0.5, 0.6) is 5.75 Å². The van der Waals surface area contributed by atoms with Gasteiger partial charge in [-0.3, -0.25) is 14.9 Å². The SMILES string of the molecule is COCCOc1ccc(C(F)(F)F)cc1NC(=O)CCCNc1ccc([N+](=O)[O-])cc1. The third-order valence-corrected chi connectivity index (χ3v) is 4.11. The van der Waals surface area contributed by atoms with E-state index in [1.165, 1.54) is 19.2 Å². The van der Waals surface area contributed by atoms with Gasteiger partial charge in [0.15, 0.2) is 0 Å². The first-order valence-corrected chi connectivity index (χ1v) is 9.32. The molecule has 31 heavy (non-hydrogen) atoms. The molecular weight excluding hydrogens is 419 g/mol. The second-order valence-electron chi connectivity index (χ2n) is 6.43. The van der Waals surface area contributed by atoms with Crippen LogP contribution in [0.15, 0.2) is 42.5 Å². The maximum Gasteiger partial charge on any atom is 0.416 e. The van der Waals surface area contributed by atoms with Crippen LogP contribution in [0.3, 0.4) is 0 Å². The molecule has 0 radical (unpaired) electrons. The lowest BCUT2D eigenvalue weighted by Gasteiger charge is -2.15. The van der Waals surface area contributed by atoms with E-state index in [1.807, 2.05) is 0 Å². The highest BCUT2D eigenvalue weighted by atomic mass is 19.4. The average molecular weight is 441 g/mol.